The molecule has 210 valence electrons. The summed E-state index contributed by atoms with van der Waals surface area (Å²) in [7, 11) is 0. The number of benzene rings is 3. The normalized spacial score (nSPS) is 14.3. The first-order valence-corrected chi connectivity index (χ1v) is 13.7. The van der Waals surface area contributed by atoms with E-state index >= 15 is 0 Å². The third-order valence-electron chi connectivity index (χ3n) is 7.30. The number of hydrogen-bond donors (Lipinski definition) is 4. The zero-order valence-corrected chi connectivity index (χ0v) is 23.0. The molecular weight excluding hydrogens is 506 g/mol. The van der Waals surface area contributed by atoms with Crippen molar-refractivity contribution in [3.05, 3.63) is 94.5 Å². The summed E-state index contributed by atoms with van der Waals surface area (Å²) < 4.78 is 0. The second-order valence-corrected chi connectivity index (χ2v) is 10.6. The van der Waals surface area contributed by atoms with E-state index < -0.39 is 18.0 Å². The first-order chi connectivity index (χ1) is 19.2. The summed E-state index contributed by atoms with van der Waals surface area (Å²) in [4.78, 5) is 38.4. The minimum atomic E-state index is -1.67. The molecule has 8 nitrogen and oxygen atoms in total. The van der Waals surface area contributed by atoms with Gasteiger partial charge in [-0.05, 0) is 91.3 Å². The van der Waals surface area contributed by atoms with Crippen molar-refractivity contribution in [3.63, 3.8) is 0 Å². The Balaban J connectivity index is 1.52. The topological polar surface area (TPSA) is 119 Å². The van der Waals surface area contributed by atoms with Crippen LogP contribution in [0.15, 0.2) is 66.7 Å². The highest BCUT2D eigenvalue weighted by Gasteiger charge is 2.20. The molecule has 0 spiro atoms. The Labute approximate surface area is 235 Å². The van der Waals surface area contributed by atoms with Crippen LogP contribution in [0.3, 0.4) is 0 Å². The number of nitrogens with zero attached hydrogens (tertiary/aromatic N) is 1. The first kappa shape index (κ1) is 28.8. The van der Waals surface area contributed by atoms with Crippen molar-refractivity contribution in [2.24, 2.45) is 0 Å². The van der Waals surface area contributed by atoms with Crippen molar-refractivity contribution in [3.8, 4) is 0 Å². The van der Waals surface area contributed by atoms with Gasteiger partial charge in [0.15, 0.2) is 6.10 Å². The molecule has 1 atom stereocenters. The zero-order valence-electron chi connectivity index (χ0n) is 23.0. The number of rotatable bonds is 9. The molecule has 4 rings (SSSR count). The van der Waals surface area contributed by atoms with E-state index in [2.05, 4.69) is 28.8 Å². The number of urea groups is 1. The fraction of sp³-hybridized carbons (Fsp3) is 0.344. The highest BCUT2D eigenvalue weighted by Crippen LogP contribution is 2.33. The molecule has 0 aliphatic heterocycles. The molecule has 1 aliphatic carbocycles. The SMILES string of the molecule is Cc1cc(C)cc(NC(=O)N(Cc2ccc(C(=O)NC[C@@H](O)C(=O)O)cc2)c2ccc(C3CCCCC3)cc2)c1. The van der Waals surface area contributed by atoms with Crippen molar-refractivity contribution >= 4 is 29.3 Å². The highest BCUT2D eigenvalue weighted by molar-refractivity contribution is 6.02. The maximum Gasteiger partial charge on any atom is 0.334 e. The Morgan fingerprint density at radius 3 is 2.12 bits per heavy atom. The van der Waals surface area contributed by atoms with E-state index in [1.165, 1.54) is 37.7 Å². The van der Waals surface area contributed by atoms with Crippen LogP contribution in [0.25, 0.3) is 0 Å². The molecule has 1 aliphatic rings. The van der Waals surface area contributed by atoms with Gasteiger partial charge in [-0.2, -0.15) is 0 Å². The predicted molar refractivity (Wildman–Crippen MR) is 156 cm³/mol. The largest absolute Gasteiger partial charge is 0.479 e. The maximum absolute atomic E-state index is 13.6. The number of nitrogens with one attached hydrogen (secondary N) is 2. The fourth-order valence-electron chi connectivity index (χ4n) is 5.20. The number of carboxylic acid groups (broad SMARTS) is 1. The number of carbonyl (C=O) groups excluding carboxylic acids is 2. The number of carboxylic acids is 1. The van der Waals surface area contributed by atoms with Gasteiger partial charge in [0.25, 0.3) is 5.91 Å². The molecule has 3 amide bonds. The Kier molecular flexibility index (Phi) is 9.56. The second-order valence-electron chi connectivity index (χ2n) is 10.6. The van der Waals surface area contributed by atoms with Crippen molar-refractivity contribution in [1.82, 2.24) is 5.32 Å². The average Bonchev–Trinajstić information content (AvgIpc) is 2.94. The Hall–Kier alpha value is -4.17. The maximum atomic E-state index is 13.6. The summed E-state index contributed by atoms with van der Waals surface area (Å²) in [6, 6.07) is 20.7. The molecule has 4 N–H and O–H groups in total. The number of amides is 3. The van der Waals surface area contributed by atoms with Crippen LogP contribution in [0, 0.1) is 13.8 Å². The molecule has 0 unspecified atom stereocenters. The molecule has 0 bridgehead atoms. The number of anilines is 2. The Morgan fingerprint density at radius 1 is 0.900 bits per heavy atom. The Bertz CT molecular complexity index is 1310. The fourth-order valence-corrected chi connectivity index (χ4v) is 5.20. The summed E-state index contributed by atoms with van der Waals surface area (Å²) >= 11 is 0. The van der Waals surface area contributed by atoms with Gasteiger partial charge in [0, 0.05) is 16.9 Å². The van der Waals surface area contributed by atoms with Crippen molar-refractivity contribution in [2.45, 2.75) is 64.5 Å². The molecule has 0 saturated heterocycles. The van der Waals surface area contributed by atoms with E-state index in [1.54, 1.807) is 29.2 Å². The third-order valence-corrected chi connectivity index (χ3v) is 7.30. The molecule has 0 heterocycles. The molecule has 1 fully saturated rings. The lowest BCUT2D eigenvalue weighted by Gasteiger charge is -2.26. The first-order valence-electron chi connectivity index (χ1n) is 13.7. The summed E-state index contributed by atoms with van der Waals surface area (Å²) in [6.07, 6.45) is 4.54. The summed E-state index contributed by atoms with van der Waals surface area (Å²) in [5, 5.41) is 23.6. The Morgan fingerprint density at radius 2 is 1.52 bits per heavy atom. The smallest absolute Gasteiger partial charge is 0.334 e. The summed E-state index contributed by atoms with van der Waals surface area (Å²) in [5.41, 5.74) is 6.06. The number of aryl methyl sites for hydroxylation is 2. The van der Waals surface area contributed by atoms with E-state index in [1.807, 2.05) is 38.1 Å². The van der Waals surface area contributed by atoms with E-state index in [9.17, 15) is 19.5 Å². The minimum absolute atomic E-state index is 0.264. The van der Waals surface area contributed by atoms with Gasteiger partial charge in [-0.1, -0.05) is 49.6 Å². The molecule has 0 radical (unpaired) electrons. The minimum Gasteiger partial charge on any atom is -0.479 e. The number of aliphatic hydroxyl groups excluding tert-OH is 1. The van der Waals surface area contributed by atoms with Gasteiger partial charge in [0.1, 0.15) is 0 Å². The van der Waals surface area contributed by atoms with Gasteiger partial charge < -0.3 is 20.8 Å². The second kappa shape index (κ2) is 13.3. The summed E-state index contributed by atoms with van der Waals surface area (Å²) in [6.45, 7) is 3.87. The lowest BCUT2D eigenvalue weighted by atomic mass is 9.84. The van der Waals surface area contributed by atoms with Gasteiger partial charge in [-0.3, -0.25) is 9.69 Å². The van der Waals surface area contributed by atoms with Crippen LogP contribution in [0.4, 0.5) is 16.2 Å². The molecule has 0 aromatic heterocycles. The highest BCUT2D eigenvalue weighted by atomic mass is 16.4. The molecular formula is C32H37N3O5. The van der Waals surface area contributed by atoms with Crippen LogP contribution in [-0.4, -0.2) is 40.8 Å². The lowest BCUT2D eigenvalue weighted by molar-refractivity contribution is -0.146. The zero-order chi connectivity index (χ0) is 28.6. The van der Waals surface area contributed by atoms with Crippen LogP contribution in [0.5, 0.6) is 0 Å². The van der Waals surface area contributed by atoms with Gasteiger partial charge in [-0.25, -0.2) is 9.59 Å². The van der Waals surface area contributed by atoms with Crippen LogP contribution < -0.4 is 15.5 Å². The van der Waals surface area contributed by atoms with Gasteiger partial charge >= 0.3 is 12.0 Å². The predicted octanol–water partition coefficient (Wildman–Crippen LogP) is 5.77. The average molecular weight is 544 g/mol. The van der Waals surface area contributed by atoms with E-state index in [0.29, 0.717) is 11.5 Å². The third kappa shape index (κ3) is 7.70. The van der Waals surface area contributed by atoms with E-state index in [4.69, 9.17) is 5.11 Å². The van der Waals surface area contributed by atoms with Crippen LogP contribution >= 0.6 is 0 Å². The molecule has 8 heteroatoms. The quantitative estimate of drug-likeness (QED) is 0.273. The van der Waals surface area contributed by atoms with Crippen molar-refractivity contribution < 1.29 is 24.6 Å². The van der Waals surface area contributed by atoms with E-state index in [-0.39, 0.29) is 19.1 Å². The van der Waals surface area contributed by atoms with Gasteiger partial charge in [0.05, 0.1) is 13.1 Å². The van der Waals surface area contributed by atoms with Crippen molar-refractivity contribution in [2.75, 3.05) is 16.8 Å². The summed E-state index contributed by atoms with van der Waals surface area (Å²) in [5.74, 6) is -1.33. The molecule has 1 saturated carbocycles. The standard InChI is InChI=1S/C32H37N3O5/c1-21-16-22(2)18-27(17-21)34-32(40)35(28-14-12-25(13-15-28)24-6-4-3-5-7-24)20-23-8-10-26(11-9-23)30(37)33-19-29(36)31(38)39/h8-18,24,29,36H,3-7,19-20H2,1-2H3,(H,33,37)(H,34,40)(H,38,39)/t29-/m1/s1. The number of aliphatic carboxylic acids is 1. The van der Waals surface area contributed by atoms with Crippen LogP contribution in [0.1, 0.15) is 70.6 Å². The number of hydrogen-bond acceptors (Lipinski definition) is 4. The van der Waals surface area contributed by atoms with Gasteiger partial charge in [0.2, 0.25) is 0 Å². The van der Waals surface area contributed by atoms with E-state index in [0.717, 1.165) is 28.1 Å². The van der Waals surface area contributed by atoms with Gasteiger partial charge in [-0.15, -0.1) is 0 Å². The monoisotopic (exact) mass is 543 g/mol. The van der Waals surface area contributed by atoms with Crippen molar-refractivity contribution in [1.29, 1.82) is 0 Å². The molecule has 3 aromatic rings. The van der Waals surface area contributed by atoms with Crippen LogP contribution in [-0.2, 0) is 11.3 Å². The number of aliphatic hydroxyl groups is 1. The molecule has 3 aromatic carbocycles. The molecule has 40 heavy (non-hydrogen) atoms. The van der Waals surface area contributed by atoms with Crippen LogP contribution in [0.2, 0.25) is 0 Å². The lowest BCUT2D eigenvalue weighted by Crippen LogP contribution is -2.36. The number of carbonyl (C=O) groups is 3.